The Balaban J connectivity index is 2.55. The highest BCUT2D eigenvalue weighted by molar-refractivity contribution is 5.83. The fraction of sp³-hybridized carbons (Fsp3) is 0.917. The highest BCUT2D eigenvalue weighted by Gasteiger charge is 2.39. The van der Waals surface area contributed by atoms with Crippen LogP contribution >= 0.6 is 0 Å². The van der Waals surface area contributed by atoms with Crippen LogP contribution in [-0.2, 0) is 4.79 Å². The first-order chi connectivity index (χ1) is 6.81. The van der Waals surface area contributed by atoms with Crippen molar-refractivity contribution in [2.24, 2.45) is 11.1 Å². The van der Waals surface area contributed by atoms with Gasteiger partial charge in [-0.2, -0.15) is 0 Å². The van der Waals surface area contributed by atoms with Gasteiger partial charge < -0.3 is 11.1 Å². The molecule has 3 nitrogen and oxygen atoms in total. The summed E-state index contributed by atoms with van der Waals surface area (Å²) >= 11 is 0. The molecule has 1 amide bonds. The van der Waals surface area contributed by atoms with E-state index in [-0.39, 0.29) is 16.9 Å². The van der Waals surface area contributed by atoms with Crippen molar-refractivity contribution < 1.29 is 4.79 Å². The van der Waals surface area contributed by atoms with Crippen LogP contribution in [0.4, 0.5) is 0 Å². The van der Waals surface area contributed by atoms with E-state index in [1.807, 2.05) is 20.8 Å². The largest absolute Gasteiger partial charge is 0.349 e. The van der Waals surface area contributed by atoms with E-state index in [1.165, 1.54) is 6.42 Å². The molecule has 1 fully saturated rings. The van der Waals surface area contributed by atoms with Gasteiger partial charge in [0.25, 0.3) is 0 Å². The lowest BCUT2D eigenvalue weighted by Crippen LogP contribution is -2.59. The number of hydrogen-bond acceptors (Lipinski definition) is 2. The molecule has 1 atom stereocenters. The van der Waals surface area contributed by atoms with Crippen LogP contribution in [0.3, 0.4) is 0 Å². The van der Waals surface area contributed by atoms with Gasteiger partial charge in [0.05, 0.1) is 6.04 Å². The molecule has 1 aliphatic carbocycles. The van der Waals surface area contributed by atoms with Crippen molar-refractivity contribution in [3.63, 3.8) is 0 Å². The van der Waals surface area contributed by atoms with E-state index < -0.39 is 6.04 Å². The van der Waals surface area contributed by atoms with Crippen LogP contribution in [0.25, 0.3) is 0 Å². The number of nitrogens with one attached hydrogen (secondary N) is 1. The maximum atomic E-state index is 11.9. The number of hydrogen-bond donors (Lipinski definition) is 2. The summed E-state index contributed by atoms with van der Waals surface area (Å²) in [6, 6.07) is -0.415. The summed E-state index contributed by atoms with van der Waals surface area (Å²) in [5.41, 5.74) is 5.81. The first-order valence-corrected chi connectivity index (χ1v) is 5.88. The van der Waals surface area contributed by atoms with Crippen molar-refractivity contribution >= 4 is 5.91 Å². The zero-order valence-electron chi connectivity index (χ0n) is 10.4. The number of carbonyl (C=O) groups is 1. The van der Waals surface area contributed by atoms with Gasteiger partial charge in [0, 0.05) is 5.54 Å². The molecule has 0 spiro atoms. The van der Waals surface area contributed by atoms with E-state index in [9.17, 15) is 4.79 Å². The molecule has 0 aromatic carbocycles. The van der Waals surface area contributed by atoms with Crippen LogP contribution in [0, 0.1) is 5.41 Å². The monoisotopic (exact) mass is 212 g/mol. The summed E-state index contributed by atoms with van der Waals surface area (Å²) in [5.74, 6) is 0.00375. The number of carbonyl (C=O) groups excluding carboxylic acids is 1. The fourth-order valence-electron chi connectivity index (χ4n) is 1.90. The average Bonchev–Trinajstić information content (AvgIpc) is 2.08. The van der Waals surface area contributed by atoms with Gasteiger partial charge in [0.1, 0.15) is 0 Å². The molecule has 0 unspecified atom stereocenters. The molecule has 0 aliphatic heterocycles. The Morgan fingerprint density at radius 1 is 1.47 bits per heavy atom. The molecule has 0 bridgehead atoms. The summed E-state index contributed by atoms with van der Waals surface area (Å²) in [6.07, 6.45) is 4.44. The maximum absolute atomic E-state index is 11.9. The summed E-state index contributed by atoms with van der Waals surface area (Å²) in [6.45, 7) is 8.12. The standard InChI is InChI=1S/C12H24N2O/c1-5-12(7-6-8-12)14-10(15)9(13)11(2,3)4/h9H,5-8,13H2,1-4H3,(H,14,15)/t9-/m1/s1. The fourth-order valence-corrected chi connectivity index (χ4v) is 1.90. The molecule has 1 saturated carbocycles. The Morgan fingerprint density at radius 2 is 2.00 bits per heavy atom. The minimum absolute atomic E-state index is 0.00375. The van der Waals surface area contributed by atoms with Crippen molar-refractivity contribution in [3.05, 3.63) is 0 Å². The second kappa shape index (κ2) is 4.12. The third-order valence-corrected chi connectivity index (χ3v) is 3.59. The van der Waals surface area contributed by atoms with E-state index in [1.54, 1.807) is 0 Å². The predicted octanol–water partition coefficient (Wildman–Crippen LogP) is 1.81. The topological polar surface area (TPSA) is 55.1 Å². The molecule has 1 rings (SSSR count). The molecular formula is C12H24N2O. The van der Waals surface area contributed by atoms with Crippen LogP contribution in [0.1, 0.15) is 53.4 Å². The summed E-state index contributed by atoms with van der Waals surface area (Å²) in [5, 5.41) is 3.12. The quantitative estimate of drug-likeness (QED) is 0.749. The molecule has 0 saturated heterocycles. The minimum atomic E-state index is -0.415. The Kier molecular flexibility index (Phi) is 3.44. The van der Waals surface area contributed by atoms with Gasteiger partial charge in [0.15, 0.2) is 0 Å². The molecule has 15 heavy (non-hydrogen) atoms. The van der Waals surface area contributed by atoms with E-state index in [4.69, 9.17) is 5.73 Å². The molecule has 0 radical (unpaired) electrons. The molecule has 0 aromatic heterocycles. The number of amides is 1. The van der Waals surface area contributed by atoms with Crippen molar-refractivity contribution in [1.82, 2.24) is 5.32 Å². The summed E-state index contributed by atoms with van der Waals surface area (Å²) < 4.78 is 0. The Hall–Kier alpha value is -0.570. The molecule has 0 aromatic rings. The molecular weight excluding hydrogens is 188 g/mol. The van der Waals surface area contributed by atoms with Gasteiger partial charge in [-0.25, -0.2) is 0 Å². The lowest BCUT2D eigenvalue weighted by molar-refractivity contribution is -0.127. The molecule has 0 heterocycles. The second-order valence-corrected chi connectivity index (χ2v) is 5.82. The highest BCUT2D eigenvalue weighted by atomic mass is 16.2. The summed E-state index contributed by atoms with van der Waals surface area (Å²) in [7, 11) is 0. The Morgan fingerprint density at radius 3 is 2.27 bits per heavy atom. The lowest BCUT2D eigenvalue weighted by atomic mass is 9.74. The van der Waals surface area contributed by atoms with Crippen LogP contribution in [-0.4, -0.2) is 17.5 Å². The van der Waals surface area contributed by atoms with Crippen LogP contribution in [0.15, 0.2) is 0 Å². The van der Waals surface area contributed by atoms with Crippen LogP contribution in [0.5, 0.6) is 0 Å². The van der Waals surface area contributed by atoms with E-state index >= 15 is 0 Å². The zero-order chi connectivity index (χ0) is 11.7. The third kappa shape index (κ3) is 2.71. The van der Waals surface area contributed by atoms with E-state index in [0.717, 1.165) is 19.3 Å². The van der Waals surface area contributed by atoms with Gasteiger partial charge in [-0.1, -0.05) is 27.7 Å². The Labute approximate surface area is 92.8 Å². The second-order valence-electron chi connectivity index (χ2n) is 5.82. The first kappa shape index (κ1) is 12.5. The van der Waals surface area contributed by atoms with E-state index in [0.29, 0.717) is 0 Å². The predicted molar refractivity (Wildman–Crippen MR) is 62.4 cm³/mol. The van der Waals surface area contributed by atoms with Gasteiger partial charge in [-0.3, -0.25) is 4.79 Å². The van der Waals surface area contributed by atoms with Crippen molar-refractivity contribution in [2.45, 2.75) is 65.0 Å². The molecule has 88 valence electrons. The van der Waals surface area contributed by atoms with Crippen molar-refractivity contribution in [2.75, 3.05) is 0 Å². The zero-order valence-corrected chi connectivity index (χ0v) is 10.4. The first-order valence-electron chi connectivity index (χ1n) is 5.88. The molecule has 1 aliphatic rings. The van der Waals surface area contributed by atoms with Gasteiger partial charge in [-0.05, 0) is 31.1 Å². The lowest BCUT2D eigenvalue weighted by Gasteiger charge is -2.43. The average molecular weight is 212 g/mol. The highest BCUT2D eigenvalue weighted by Crippen LogP contribution is 2.35. The van der Waals surface area contributed by atoms with Gasteiger partial charge >= 0.3 is 0 Å². The molecule has 3 N–H and O–H groups in total. The van der Waals surface area contributed by atoms with Crippen molar-refractivity contribution in [3.8, 4) is 0 Å². The van der Waals surface area contributed by atoms with Crippen molar-refractivity contribution in [1.29, 1.82) is 0 Å². The van der Waals surface area contributed by atoms with Crippen LogP contribution in [0.2, 0.25) is 0 Å². The third-order valence-electron chi connectivity index (χ3n) is 3.59. The summed E-state index contributed by atoms with van der Waals surface area (Å²) in [4.78, 5) is 11.9. The van der Waals surface area contributed by atoms with E-state index in [2.05, 4.69) is 12.2 Å². The minimum Gasteiger partial charge on any atom is -0.349 e. The normalized spacial score (nSPS) is 21.7. The van der Waals surface area contributed by atoms with Gasteiger partial charge in [0.2, 0.25) is 5.91 Å². The molecule has 3 heteroatoms. The van der Waals surface area contributed by atoms with Gasteiger partial charge in [-0.15, -0.1) is 0 Å². The number of nitrogens with two attached hydrogens (primary N) is 1. The van der Waals surface area contributed by atoms with Crippen LogP contribution < -0.4 is 11.1 Å². The smallest absolute Gasteiger partial charge is 0.237 e. The number of rotatable bonds is 3. The SMILES string of the molecule is CCC1(NC(=O)[C@@H](N)C(C)(C)C)CCC1. The maximum Gasteiger partial charge on any atom is 0.237 e. The Bertz CT molecular complexity index is 233.